The highest BCUT2D eigenvalue weighted by molar-refractivity contribution is 7.90. The van der Waals surface area contributed by atoms with Gasteiger partial charge < -0.3 is 9.84 Å². The molecule has 1 aromatic heterocycles. The summed E-state index contributed by atoms with van der Waals surface area (Å²) in [6, 6.07) is 2.38. The molecule has 0 aromatic carbocycles. The van der Waals surface area contributed by atoms with Crippen molar-refractivity contribution in [2.24, 2.45) is 0 Å². The third kappa shape index (κ3) is 3.68. The normalized spacial score (nSPS) is 22.5. The number of aliphatic hydroxyl groups excluding tert-OH is 1. The highest BCUT2D eigenvalue weighted by Gasteiger charge is 2.27. The van der Waals surface area contributed by atoms with Crippen molar-refractivity contribution in [3.05, 3.63) is 17.5 Å². The molecule has 3 heterocycles. The summed E-state index contributed by atoms with van der Waals surface area (Å²) < 4.78 is 29.9. The summed E-state index contributed by atoms with van der Waals surface area (Å²) in [6.45, 7) is 4.14. The Labute approximate surface area is 130 Å². The molecule has 0 amide bonds. The van der Waals surface area contributed by atoms with Crippen LogP contribution in [0.5, 0.6) is 0 Å². The topological polar surface area (TPSA) is 84.7 Å². The molecule has 22 heavy (non-hydrogen) atoms. The van der Waals surface area contributed by atoms with Crippen LogP contribution in [0.1, 0.15) is 30.3 Å². The number of rotatable bonds is 4. The first-order valence-electron chi connectivity index (χ1n) is 7.66. The van der Waals surface area contributed by atoms with Gasteiger partial charge in [0.2, 0.25) is 0 Å². The van der Waals surface area contributed by atoms with Gasteiger partial charge in [0.15, 0.2) is 0 Å². The van der Waals surface area contributed by atoms with Crippen LogP contribution in [0.4, 0.5) is 0 Å². The second-order valence-electron chi connectivity index (χ2n) is 6.21. The Bertz CT molecular complexity index is 622. The summed E-state index contributed by atoms with van der Waals surface area (Å²) in [4.78, 5) is 2.44. The Balaban J connectivity index is 1.69. The minimum absolute atomic E-state index is 0.285. The lowest BCUT2D eigenvalue weighted by molar-refractivity contribution is 0.0232. The van der Waals surface area contributed by atoms with Gasteiger partial charge in [-0.25, -0.2) is 8.42 Å². The monoisotopic (exact) mass is 329 g/mol. The fraction of sp³-hybridized carbons (Fsp3) is 0.786. The van der Waals surface area contributed by atoms with E-state index in [1.165, 1.54) is 0 Å². The number of nitrogens with zero attached hydrogens (tertiary/aromatic N) is 3. The van der Waals surface area contributed by atoms with E-state index in [1.807, 2.05) is 10.7 Å². The average molecular weight is 329 g/mol. The number of ether oxygens (including phenoxy) is 1. The van der Waals surface area contributed by atoms with Crippen molar-refractivity contribution in [1.29, 1.82) is 0 Å². The van der Waals surface area contributed by atoms with E-state index >= 15 is 0 Å². The highest BCUT2D eigenvalue weighted by Crippen LogP contribution is 2.23. The van der Waals surface area contributed by atoms with Crippen molar-refractivity contribution < 1.29 is 18.3 Å². The predicted molar refractivity (Wildman–Crippen MR) is 81.1 cm³/mol. The molecule has 0 saturated carbocycles. The molecule has 1 N–H and O–H groups in total. The predicted octanol–water partition coefficient (Wildman–Crippen LogP) is -0.0443. The maximum absolute atomic E-state index is 11.3. The second-order valence-corrected chi connectivity index (χ2v) is 8.39. The van der Waals surface area contributed by atoms with Gasteiger partial charge in [0.25, 0.3) is 0 Å². The first kappa shape index (κ1) is 15.9. The van der Waals surface area contributed by atoms with Crippen LogP contribution in [-0.4, -0.2) is 66.0 Å². The summed E-state index contributed by atoms with van der Waals surface area (Å²) >= 11 is 0. The van der Waals surface area contributed by atoms with Gasteiger partial charge >= 0.3 is 0 Å². The largest absolute Gasteiger partial charge is 0.386 e. The van der Waals surface area contributed by atoms with Crippen LogP contribution < -0.4 is 0 Å². The zero-order valence-corrected chi connectivity index (χ0v) is 13.6. The first-order valence-corrected chi connectivity index (χ1v) is 9.72. The van der Waals surface area contributed by atoms with Crippen molar-refractivity contribution in [1.82, 2.24) is 14.7 Å². The number of sulfone groups is 1. The van der Waals surface area contributed by atoms with E-state index in [2.05, 4.69) is 10.00 Å². The molecule has 7 nitrogen and oxygen atoms in total. The van der Waals surface area contributed by atoms with Crippen LogP contribution in [0.15, 0.2) is 6.07 Å². The van der Waals surface area contributed by atoms with Gasteiger partial charge in [-0.3, -0.25) is 9.58 Å². The van der Waals surface area contributed by atoms with Gasteiger partial charge in [-0.1, -0.05) is 0 Å². The molecule has 0 spiro atoms. The molecule has 0 radical (unpaired) electrons. The van der Waals surface area contributed by atoms with Crippen LogP contribution in [0.2, 0.25) is 0 Å². The van der Waals surface area contributed by atoms with Crippen LogP contribution in [0, 0.1) is 0 Å². The molecular weight excluding hydrogens is 306 g/mol. The van der Waals surface area contributed by atoms with Gasteiger partial charge in [0.05, 0.1) is 23.7 Å². The molecular formula is C14H23N3O4S. The molecule has 1 aromatic rings. The highest BCUT2D eigenvalue weighted by atomic mass is 32.2. The number of aliphatic hydroxyl groups is 1. The zero-order valence-electron chi connectivity index (χ0n) is 12.8. The van der Waals surface area contributed by atoms with E-state index < -0.39 is 15.9 Å². The summed E-state index contributed by atoms with van der Waals surface area (Å²) in [5.41, 5.74) is 1.49. The zero-order chi connectivity index (χ0) is 15.7. The number of aromatic nitrogens is 2. The second kappa shape index (κ2) is 6.27. The Hall–Kier alpha value is -0.960. The Morgan fingerprint density at radius 2 is 2.14 bits per heavy atom. The number of hydrogen-bond donors (Lipinski definition) is 1. The maximum atomic E-state index is 11.3. The lowest BCUT2D eigenvalue weighted by atomic mass is 10.1. The van der Waals surface area contributed by atoms with E-state index in [9.17, 15) is 13.5 Å². The Morgan fingerprint density at radius 3 is 2.82 bits per heavy atom. The van der Waals surface area contributed by atoms with Crippen LogP contribution in [-0.2, 0) is 27.7 Å². The van der Waals surface area contributed by atoms with Crippen LogP contribution >= 0.6 is 0 Å². The van der Waals surface area contributed by atoms with Crippen molar-refractivity contribution in [3.63, 3.8) is 0 Å². The molecule has 1 fully saturated rings. The third-order valence-electron chi connectivity index (χ3n) is 4.36. The van der Waals surface area contributed by atoms with Gasteiger partial charge in [0.1, 0.15) is 15.9 Å². The molecule has 2 aliphatic rings. The van der Waals surface area contributed by atoms with Crippen LogP contribution in [0.3, 0.4) is 0 Å². The van der Waals surface area contributed by atoms with Gasteiger partial charge in [-0.15, -0.1) is 0 Å². The lowest BCUT2D eigenvalue weighted by Crippen LogP contribution is -2.43. The molecule has 0 aliphatic carbocycles. The summed E-state index contributed by atoms with van der Waals surface area (Å²) in [5.74, 6) is -0.285. The van der Waals surface area contributed by atoms with Crippen molar-refractivity contribution in [2.45, 2.75) is 38.1 Å². The lowest BCUT2D eigenvalue weighted by Gasteiger charge is -2.36. The van der Waals surface area contributed by atoms with Crippen LogP contribution in [0.25, 0.3) is 0 Å². The molecule has 0 bridgehead atoms. The fourth-order valence-corrected chi connectivity index (χ4v) is 3.95. The Kier molecular flexibility index (Phi) is 4.54. The van der Waals surface area contributed by atoms with Gasteiger partial charge in [-0.2, -0.15) is 5.10 Å². The minimum Gasteiger partial charge on any atom is -0.386 e. The van der Waals surface area contributed by atoms with Gasteiger partial charge in [0, 0.05) is 38.6 Å². The summed E-state index contributed by atoms with van der Waals surface area (Å²) in [5, 5.41) is 14.4. The summed E-state index contributed by atoms with van der Waals surface area (Å²) in [6.07, 6.45) is 2.18. The molecule has 2 aliphatic heterocycles. The molecule has 1 atom stereocenters. The number of fused-ring (bicyclic) bond motifs is 1. The van der Waals surface area contributed by atoms with Crippen molar-refractivity contribution in [3.8, 4) is 0 Å². The standard InChI is InChI=1S/C14H23N3O4S/c1-22(19,20)10-14(18)13-8-12-9-16(4-5-17(12)15-13)11-2-6-21-7-3-11/h8,11,14,18H,2-7,9-10H2,1H3/t14-/m0/s1. The van der Waals surface area contributed by atoms with E-state index in [4.69, 9.17) is 4.74 Å². The number of hydrogen-bond acceptors (Lipinski definition) is 6. The molecule has 0 unspecified atom stereocenters. The molecule has 3 rings (SSSR count). The SMILES string of the molecule is CS(=O)(=O)C[C@H](O)c1cc2n(n1)CCN(C1CCOCC1)C2. The van der Waals surface area contributed by atoms with Crippen molar-refractivity contribution >= 4 is 9.84 Å². The quantitative estimate of drug-likeness (QED) is 0.834. The molecule has 1 saturated heterocycles. The first-order chi connectivity index (χ1) is 10.4. The van der Waals surface area contributed by atoms with Gasteiger partial charge in [-0.05, 0) is 18.9 Å². The maximum Gasteiger partial charge on any atom is 0.150 e. The third-order valence-corrected chi connectivity index (χ3v) is 5.28. The minimum atomic E-state index is -3.22. The van der Waals surface area contributed by atoms with E-state index in [1.54, 1.807) is 0 Å². The molecule has 124 valence electrons. The van der Waals surface area contributed by atoms with E-state index in [-0.39, 0.29) is 5.75 Å². The van der Waals surface area contributed by atoms with E-state index in [0.29, 0.717) is 11.7 Å². The smallest absolute Gasteiger partial charge is 0.150 e. The van der Waals surface area contributed by atoms with E-state index in [0.717, 1.165) is 57.6 Å². The molecule has 8 heteroatoms. The Morgan fingerprint density at radius 1 is 1.41 bits per heavy atom. The summed E-state index contributed by atoms with van der Waals surface area (Å²) in [7, 11) is -3.22. The van der Waals surface area contributed by atoms with Crippen molar-refractivity contribution in [2.75, 3.05) is 31.8 Å². The average Bonchev–Trinajstić information content (AvgIpc) is 2.89. The fourth-order valence-electron chi connectivity index (χ4n) is 3.21.